The fourth-order valence-corrected chi connectivity index (χ4v) is 1.71. The van der Waals surface area contributed by atoms with Crippen LogP contribution in [0.4, 0.5) is 0 Å². The fourth-order valence-electron chi connectivity index (χ4n) is 1.71. The van der Waals surface area contributed by atoms with E-state index >= 15 is 0 Å². The summed E-state index contributed by atoms with van der Waals surface area (Å²) in [5.41, 5.74) is -0.163. The summed E-state index contributed by atoms with van der Waals surface area (Å²) < 4.78 is 0. The van der Waals surface area contributed by atoms with Crippen molar-refractivity contribution in [2.75, 3.05) is 0 Å². The van der Waals surface area contributed by atoms with Gasteiger partial charge in [-0.1, -0.05) is 13.8 Å². The lowest BCUT2D eigenvalue weighted by Gasteiger charge is -2.17. The SMILES string of the molecule is CC1(C)CC(C)(C)C(=O)N1. The van der Waals surface area contributed by atoms with Gasteiger partial charge in [0.2, 0.25) is 5.91 Å². The highest BCUT2D eigenvalue weighted by atomic mass is 16.2. The van der Waals surface area contributed by atoms with Gasteiger partial charge in [0, 0.05) is 11.0 Å². The first-order chi connectivity index (χ1) is 4.33. The minimum Gasteiger partial charge on any atom is -0.351 e. The van der Waals surface area contributed by atoms with Crippen molar-refractivity contribution in [3.05, 3.63) is 0 Å². The zero-order chi connectivity index (χ0) is 7.99. The Balaban J connectivity index is 2.81. The predicted molar refractivity (Wildman–Crippen MR) is 40.6 cm³/mol. The smallest absolute Gasteiger partial charge is 0.226 e. The van der Waals surface area contributed by atoms with Crippen molar-refractivity contribution in [3.8, 4) is 0 Å². The molecular weight excluding hydrogens is 126 g/mol. The summed E-state index contributed by atoms with van der Waals surface area (Å²) in [7, 11) is 0. The predicted octanol–water partition coefficient (Wildman–Crippen LogP) is 1.31. The van der Waals surface area contributed by atoms with Crippen LogP contribution in [0, 0.1) is 5.41 Å². The molecule has 0 atom stereocenters. The number of amides is 1. The average molecular weight is 141 g/mol. The van der Waals surface area contributed by atoms with Crippen LogP contribution in [0.2, 0.25) is 0 Å². The molecule has 10 heavy (non-hydrogen) atoms. The van der Waals surface area contributed by atoms with Crippen LogP contribution in [0.3, 0.4) is 0 Å². The van der Waals surface area contributed by atoms with Gasteiger partial charge in [-0.15, -0.1) is 0 Å². The number of carbonyl (C=O) groups is 1. The topological polar surface area (TPSA) is 29.1 Å². The third kappa shape index (κ3) is 1.15. The first kappa shape index (κ1) is 7.58. The number of hydrogen-bond donors (Lipinski definition) is 1. The van der Waals surface area contributed by atoms with Crippen LogP contribution >= 0.6 is 0 Å². The molecule has 1 fully saturated rings. The van der Waals surface area contributed by atoms with Gasteiger partial charge in [-0.2, -0.15) is 0 Å². The van der Waals surface area contributed by atoms with E-state index in [1.165, 1.54) is 0 Å². The summed E-state index contributed by atoms with van der Waals surface area (Å²) in [5, 5.41) is 2.94. The minimum atomic E-state index is -0.163. The monoisotopic (exact) mass is 141 g/mol. The minimum absolute atomic E-state index is 0.000579. The molecular formula is C8H15NO. The van der Waals surface area contributed by atoms with Crippen LogP contribution < -0.4 is 5.32 Å². The molecule has 0 spiro atoms. The average Bonchev–Trinajstić information content (AvgIpc) is 1.73. The molecule has 0 saturated carbocycles. The Morgan fingerprint density at radius 3 is 1.90 bits per heavy atom. The molecule has 1 amide bonds. The lowest BCUT2D eigenvalue weighted by atomic mass is 9.85. The van der Waals surface area contributed by atoms with E-state index in [1.807, 2.05) is 13.8 Å². The van der Waals surface area contributed by atoms with Crippen LogP contribution in [0.25, 0.3) is 0 Å². The molecule has 0 aromatic rings. The third-order valence-electron chi connectivity index (χ3n) is 1.95. The first-order valence-electron chi connectivity index (χ1n) is 3.66. The van der Waals surface area contributed by atoms with E-state index < -0.39 is 0 Å². The van der Waals surface area contributed by atoms with Crippen molar-refractivity contribution >= 4 is 5.91 Å². The Labute approximate surface area is 62.0 Å². The van der Waals surface area contributed by atoms with Crippen LogP contribution in [0.1, 0.15) is 34.1 Å². The van der Waals surface area contributed by atoms with Crippen molar-refractivity contribution in [3.63, 3.8) is 0 Å². The largest absolute Gasteiger partial charge is 0.351 e. The fraction of sp³-hybridized carbons (Fsp3) is 0.875. The van der Waals surface area contributed by atoms with Crippen LogP contribution in [-0.4, -0.2) is 11.4 Å². The van der Waals surface area contributed by atoms with Crippen molar-refractivity contribution in [2.45, 2.75) is 39.7 Å². The zero-order valence-corrected chi connectivity index (χ0v) is 7.12. The van der Waals surface area contributed by atoms with Crippen molar-refractivity contribution < 1.29 is 4.79 Å². The molecule has 1 heterocycles. The van der Waals surface area contributed by atoms with E-state index in [0.717, 1.165) is 6.42 Å². The second-order valence-electron chi connectivity index (χ2n) is 4.40. The molecule has 0 bridgehead atoms. The highest BCUT2D eigenvalue weighted by Gasteiger charge is 2.43. The molecule has 0 aromatic heterocycles. The second-order valence-corrected chi connectivity index (χ2v) is 4.40. The normalized spacial score (nSPS) is 28.2. The summed E-state index contributed by atoms with van der Waals surface area (Å²) in [5.74, 6) is 0.178. The Hall–Kier alpha value is -0.530. The summed E-state index contributed by atoms with van der Waals surface area (Å²) in [6, 6.07) is 0. The number of rotatable bonds is 0. The molecule has 1 rings (SSSR count). The quantitative estimate of drug-likeness (QED) is 0.541. The second kappa shape index (κ2) is 1.74. The highest BCUT2D eigenvalue weighted by Crippen LogP contribution is 2.34. The molecule has 2 nitrogen and oxygen atoms in total. The third-order valence-corrected chi connectivity index (χ3v) is 1.95. The summed E-state index contributed by atoms with van der Waals surface area (Å²) in [6.45, 7) is 8.08. The van der Waals surface area contributed by atoms with Crippen molar-refractivity contribution in [1.82, 2.24) is 5.32 Å². The standard InChI is InChI=1S/C8H15NO/c1-7(2)5-8(3,4)9-6(7)10/h5H2,1-4H3,(H,9,10). The molecule has 1 N–H and O–H groups in total. The van der Waals surface area contributed by atoms with E-state index in [0.29, 0.717) is 0 Å². The van der Waals surface area contributed by atoms with E-state index in [9.17, 15) is 4.79 Å². The van der Waals surface area contributed by atoms with Gasteiger partial charge in [-0.25, -0.2) is 0 Å². The molecule has 0 radical (unpaired) electrons. The Morgan fingerprint density at radius 2 is 1.80 bits per heavy atom. The van der Waals surface area contributed by atoms with E-state index in [2.05, 4.69) is 19.2 Å². The number of hydrogen-bond acceptors (Lipinski definition) is 1. The van der Waals surface area contributed by atoms with E-state index in [-0.39, 0.29) is 16.9 Å². The first-order valence-corrected chi connectivity index (χ1v) is 3.66. The number of carbonyl (C=O) groups excluding carboxylic acids is 1. The zero-order valence-electron chi connectivity index (χ0n) is 7.12. The van der Waals surface area contributed by atoms with Crippen LogP contribution in [0.5, 0.6) is 0 Å². The Kier molecular flexibility index (Phi) is 1.32. The van der Waals surface area contributed by atoms with Gasteiger partial charge >= 0.3 is 0 Å². The van der Waals surface area contributed by atoms with Crippen LogP contribution in [0.15, 0.2) is 0 Å². The van der Waals surface area contributed by atoms with Gasteiger partial charge in [0.1, 0.15) is 0 Å². The molecule has 0 aliphatic carbocycles. The Morgan fingerprint density at radius 1 is 1.30 bits per heavy atom. The molecule has 1 saturated heterocycles. The van der Waals surface area contributed by atoms with Gasteiger partial charge in [-0.3, -0.25) is 4.79 Å². The summed E-state index contributed by atoms with van der Waals surface area (Å²) in [6.07, 6.45) is 0.929. The van der Waals surface area contributed by atoms with Gasteiger partial charge in [0.15, 0.2) is 0 Å². The van der Waals surface area contributed by atoms with Crippen molar-refractivity contribution in [1.29, 1.82) is 0 Å². The molecule has 0 aromatic carbocycles. The lowest BCUT2D eigenvalue weighted by Crippen LogP contribution is -2.35. The van der Waals surface area contributed by atoms with Gasteiger partial charge in [-0.05, 0) is 20.3 Å². The van der Waals surface area contributed by atoms with Gasteiger partial charge in [0.25, 0.3) is 0 Å². The number of nitrogens with one attached hydrogen (secondary N) is 1. The van der Waals surface area contributed by atoms with E-state index in [4.69, 9.17) is 0 Å². The molecule has 1 aliphatic heterocycles. The maximum Gasteiger partial charge on any atom is 0.226 e. The highest BCUT2D eigenvalue weighted by molar-refractivity contribution is 5.85. The molecule has 1 aliphatic rings. The van der Waals surface area contributed by atoms with Crippen LogP contribution in [-0.2, 0) is 4.79 Å². The maximum atomic E-state index is 11.2. The van der Waals surface area contributed by atoms with Crippen molar-refractivity contribution in [2.24, 2.45) is 5.41 Å². The maximum absolute atomic E-state index is 11.2. The lowest BCUT2D eigenvalue weighted by molar-refractivity contribution is -0.126. The summed E-state index contributed by atoms with van der Waals surface area (Å²) >= 11 is 0. The van der Waals surface area contributed by atoms with E-state index in [1.54, 1.807) is 0 Å². The molecule has 2 heteroatoms. The summed E-state index contributed by atoms with van der Waals surface area (Å²) in [4.78, 5) is 11.2. The van der Waals surface area contributed by atoms with Gasteiger partial charge < -0.3 is 5.32 Å². The van der Waals surface area contributed by atoms with Gasteiger partial charge in [0.05, 0.1) is 0 Å². The Bertz CT molecular complexity index is 170. The molecule has 0 unspecified atom stereocenters. The molecule has 58 valence electrons.